The van der Waals surface area contributed by atoms with Crippen molar-refractivity contribution in [1.82, 2.24) is 4.90 Å². The third-order valence-corrected chi connectivity index (χ3v) is 3.90. The van der Waals surface area contributed by atoms with Crippen molar-refractivity contribution in [2.45, 2.75) is 56.8 Å². The van der Waals surface area contributed by atoms with E-state index < -0.39 is 0 Å². The summed E-state index contributed by atoms with van der Waals surface area (Å²) in [5, 5.41) is 19.7. The lowest BCUT2D eigenvalue weighted by Gasteiger charge is -2.36. The van der Waals surface area contributed by atoms with Crippen LogP contribution in [0.25, 0.3) is 0 Å². The molecule has 0 heterocycles. The van der Waals surface area contributed by atoms with Gasteiger partial charge in [-0.05, 0) is 38.6 Å². The van der Waals surface area contributed by atoms with Crippen LogP contribution in [0.1, 0.15) is 38.5 Å². The Labute approximate surface area is 92.1 Å². The summed E-state index contributed by atoms with van der Waals surface area (Å²) in [6.07, 6.45) is 6.37. The SMILES string of the molecule is CN(CC(O)C1CC1)C1CCCCC1O. The van der Waals surface area contributed by atoms with Gasteiger partial charge in [0.2, 0.25) is 0 Å². The topological polar surface area (TPSA) is 43.7 Å². The van der Waals surface area contributed by atoms with Gasteiger partial charge < -0.3 is 10.2 Å². The highest BCUT2D eigenvalue weighted by Crippen LogP contribution is 2.33. The van der Waals surface area contributed by atoms with E-state index in [2.05, 4.69) is 4.90 Å². The van der Waals surface area contributed by atoms with Crippen LogP contribution in [0.2, 0.25) is 0 Å². The smallest absolute Gasteiger partial charge is 0.0695 e. The number of aliphatic hydroxyl groups excluding tert-OH is 2. The summed E-state index contributed by atoms with van der Waals surface area (Å²) in [5.41, 5.74) is 0. The zero-order chi connectivity index (χ0) is 10.8. The van der Waals surface area contributed by atoms with Gasteiger partial charge >= 0.3 is 0 Å². The van der Waals surface area contributed by atoms with Gasteiger partial charge in [0, 0.05) is 12.6 Å². The Morgan fingerprint density at radius 3 is 2.47 bits per heavy atom. The Hall–Kier alpha value is -0.120. The van der Waals surface area contributed by atoms with Gasteiger partial charge in [0.15, 0.2) is 0 Å². The molecule has 2 rings (SSSR count). The molecular weight excluding hydrogens is 190 g/mol. The van der Waals surface area contributed by atoms with Gasteiger partial charge in [-0.1, -0.05) is 12.8 Å². The predicted octanol–water partition coefficient (Wildman–Crippen LogP) is 0.993. The Morgan fingerprint density at radius 1 is 1.20 bits per heavy atom. The van der Waals surface area contributed by atoms with E-state index in [4.69, 9.17) is 0 Å². The van der Waals surface area contributed by atoms with Crippen LogP contribution >= 0.6 is 0 Å². The quantitative estimate of drug-likeness (QED) is 0.732. The lowest BCUT2D eigenvalue weighted by Crippen LogP contribution is -2.46. The van der Waals surface area contributed by atoms with Crippen LogP contribution in [0.5, 0.6) is 0 Å². The number of hydrogen-bond donors (Lipinski definition) is 2. The van der Waals surface area contributed by atoms with Crippen molar-refractivity contribution in [3.63, 3.8) is 0 Å². The first-order chi connectivity index (χ1) is 7.18. The fourth-order valence-electron chi connectivity index (χ4n) is 2.67. The van der Waals surface area contributed by atoms with Crippen LogP contribution in [-0.4, -0.2) is 47.0 Å². The Balaban J connectivity index is 1.79. The summed E-state index contributed by atoms with van der Waals surface area (Å²) < 4.78 is 0. The highest BCUT2D eigenvalue weighted by Gasteiger charge is 2.33. The monoisotopic (exact) mass is 213 g/mol. The van der Waals surface area contributed by atoms with Gasteiger partial charge in [-0.25, -0.2) is 0 Å². The van der Waals surface area contributed by atoms with Crippen LogP contribution in [0.4, 0.5) is 0 Å². The lowest BCUT2D eigenvalue weighted by molar-refractivity contribution is 0.00729. The number of rotatable bonds is 4. The van der Waals surface area contributed by atoms with Crippen LogP contribution in [0, 0.1) is 5.92 Å². The van der Waals surface area contributed by atoms with Crippen molar-refractivity contribution in [3.05, 3.63) is 0 Å². The third-order valence-electron chi connectivity index (χ3n) is 3.90. The summed E-state index contributed by atoms with van der Waals surface area (Å²) in [6, 6.07) is 0.271. The van der Waals surface area contributed by atoms with Crippen molar-refractivity contribution < 1.29 is 10.2 Å². The number of nitrogens with zero attached hydrogens (tertiary/aromatic N) is 1. The molecule has 3 atom stereocenters. The Bertz CT molecular complexity index is 206. The molecule has 0 bridgehead atoms. The first kappa shape index (κ1) is 11.4. The number of likely N-dealkylation sites (N-methyl/N-ethyl adjacent to an activating group) is 1. The van der Waals surface area contributed by atoms with Crippen LogP contribution in [0.15, 0.2) is 0 Å². The molecule has 2 saturated carbocycles. The molecule has 0 aromatic rings. The second-order valence-corrected chi connectivity index (χ2v) is 5.26. The average molecular weight is 213 g/mol. The molecule has 0 aliphatic heterocycles. The van der Waals surface area contributed by atoms with E-state index in [0.717, 1.165) is 25.8 Å². The van der Waals surface area contributed by atoms with Crippen LogP contribution < -0.4 is 0 Å². The fourth-order valence-corrected chi connectivity index (χ4v) is 2.67. The van der Waals surface area contributed by atoms with Gasteiger partial charge in [-0.2, -0.15) is 0 Å². The van der Waals surface area contributed by atoms with Gasteiger partial charge in [-0.15, -0.1) is 0 Å². The first-order valence-electron chi connectivity index (χ1n) is 6.25. The van der Waals surface area contributed by atoms with E-state index in [1.54, 1.807) is 0 Å². The lowest BCUT2D eigenvalue weighted by atomic mass is 9.91. The van der Waals surface area contributed by atoms with Crippen LogP contribution in [-0.2, 0) is 0 Å². The van der Waals surface area contributed by atoms with Crippen molar-refractivity contribution in [1.29, 1.82) is 0 Å². The zero-order valence-electron chi connectivity index (χ0n) is 9.60. The summed E-state index contributed by atoms with van der Waals surface area (Å²) in [4.78, 5) is 2.16. The Morgan fingerprint density at radius 2 is 1.87 bits per heavy atom. The molecule has 3 nitrogen and oxygen atoms in total. The van der Waals surface area contributed by atoms with Crippen LogP contribution in [0.3, 0.4) is 0 Å². The minimum atomic E-state index is -0.185. The molecule has 0 spiro atoms. The van der Waals surface area contributed by atoms with Gasteiger partial charge in [0.25, 0.3) is 0 Å². The molecule has 0 aromatic heterocycles. The zero-order valence-corrected chi connectivity index (χ0v) is 9.60. The van der Waals surface area contributed by atoms with Crippen molar-refractivity contribution in [2.24, 2.45) is 5.92 Å². The van der Waals surface area contributed by atoms with E-state index >= 15 is 0 Å². The maximum absolute atomic E-state index is 9.88. The summed E-state index contributed by atoms with van der Waals surface area (Å²) in [6.45, 7) is 0.729. The maximum atomic E-state index is 9.88. The maximum Gasteiger partial charge on any atom is 0.0695 e. The normalized spacial score (nSPS) is 34.4. The van der Waals surface area contributed by atoms with Gasteiger partial charge in [-0.3, -0.25) is 4.90 Å². The van der Waals surface area contributed by atoms with Gasteiger partial charge in [0.05, 0.1) is 12.2 Å². The Kier molecular flexibility index (Phi) is 3.65. The first-order valence-corrected chi connectivity index (χ1v) is 6.25. The van der Waals surface area contributed by atoms with Crippen molar-refractivity contribution in [3.8, 4) is 0 Å². The minimum absolute atomic E-state index is 0.177. The predicted molar refractivity (Wildman–Crippen MR) is 59.6 cm³/mol. The highest BCUT2D eigenvalue weighted by atomic mass is 16.3. The molecule has 0 amide bonds. The van der Waals surface area contributed by atoms with E-state index in [1.165, 1.54) is 19.3 Å². The molecule has 2 fully saturated rings. The number of aliphatic hydroxyl groups is 2. The molecule has 0 saturated heterocycles. The average Bonchev–Trinajstić information content (AvgIpc) is 3.01. The van der Waals surface area contributed by atoms with Crippen molar-refractivity contribution >= 4 is 0 Å². The van der Waals surface area contributed by atoms with E-state index in [0.29, 0.717) is 5.92 Å². The number of hydrogen-bond acceptors (Lipinski definition) is 3. The van der Waals surface area contributed by atoms with E-state index in [-0.39, 0.29) is 18.2 Å². The summed E-state index contributed by atoms with van der Waals surface area (Å²) in [7, 11) is 2.03. The second kappa shape index (κ2) is 4.81. The minimum Gasteiger partial charge on any atom is -0.392 e. The largest absolute Gasteiger partial charge is 0.392 e. The molecule has 2 aliphatic carbocycles. The van der Waals surface area contributed by atoms with Crippen molar-refractivity contribution in [2.75, 3.05) is 13.6 Å². The third kappa shape index (κ3) is 2.92. The summed E-state index contributed by atoms with van der Waals surface area (Å²) in [5.74, 6) is 0.535. The molecule has 0 aromatic carbocycles. The molecular formula is C12H23NO2. The highest BCUT2D eigenvalue weighted by molar-refractivity contribution is 4.87. The second-order valence-electron chi connectivity index (χ2n) is 5.26. The molecule has 88 valence electrons. The van der Waals surface area contributed by atoms with E-state index in [9.17, 15) is 10.2 Å². The molecule has 3 unspecified atom stereocenters. The molecule has 15 heavy (non-hydrogen) atoms. The van der Waals surface area contributed by atoms with Gasteiger partial charge in [0.1, 0.15) is 0 Å². The van der Waals surface area contributed by atoms with E-state index in [1.807, 2.05) is 7.05 Å². The standard InChI is InChI=1S/C12H23NO2/c1-13(8-12(15)9-6-7-9)10-4-2-3-5-11(10)14/h9-12,14-15H,2-8H2,1H3. The molecule has 2 aliphatic rings. The molecule has 0 radical (unpaired) electrons. The molecule has 2 N–H and O–H groups in total. The fraction of sp³-hybridized carbons (Fsp3) is 1.00. The summed E-state index contributed by atoms with van der Waals surface area (Å²) >= 11 is 0. The molecule has 3 heteroatoms.